The number of anilines is 1. The van der Waals surface area contributed by atoms with E-state index in [0.717, 1.165) is 0 Å². The molecule has 7 heteroatoms. The lowest BCUT2D eigenvalue weighted by molar-refractivity contribution is -0.384. The van der Waals surface area contributed by atoms with Crippen LogP contribution in [0.1, 0.15) is 6.92 Å². The van der Waals surface area contributed by atoms with Crippen LogP contribution in [0.5, 0.6) is 11.5 Å². The topological polar surface area (TPSA) is 88.6 Å². The molecule has 0 aliphatic rings. The Morgan fingerprint density at radius 3 is 2.40 bits per heavy atom. The molecule has 1 rings (SSSR count). The third-order valence-corrected chi connectivity index (χ3v) is 2.86. The average molecular weight is 279 g/mol. The molecule has 0 radical (unpaired) electrons. The molecule has 20 heavy (non-hydrogen) atoms. The molecule has 0 aromatic heterocycles. The molecule has 1 aromatic rings. The van der Waals surface area contributed by atoms with Gasteiger partial charge in [0.2, 0.25) is 0 Å². The number of rotatable bonds is 6. The van der Waals surface area contributed by atoms with Crippen molar-refractivity contribution in [1.29, 1.82) is 5.26 Å². The molecule has 7 nitrogen and oxygen atoms in total. The molecule has 0 heterocycles. The Balaban J connectivity index is 3.29. The molecule has 0 aliphatic carbocycles. The van der Waals surface area contributed by atoms with Gasteiger partial charge in [-0.3, -0.25) is 10.1 Å². The Bertz CT molecular complexity index is 539. The monoisotopic (exact) mass is 279 g/mol. The minimum absolute atomic E-state index is 0.0877. The lowest BCUT2D eigenvalue weighted by atomic mass is 10.1. The van der Waals surface area contributed by atoms with Crippen LogP contribution in [0, 0.1) is 27.4 Å². The minimum Gasteiger partial charge on any atom is -0.493 e. The Kier molecular flexibility index (Phi) is 5.15. The highest BCUT2D eigenvalue weighted by atomic mass is 16.6. The summed E-state index contributed by atoms with van der Waals surface area (Å²) in [4.78, 5) is 12.3. The van der Waals surface area contributed by atoms with Crippen molar-refractivity contribution in [1.82, 2.24) is 0 Å². The van der Waals surface area contributed by atoms with E-state index in [-0.39, 0.29) is 11.6 Å². The second-order valence-corrected chi connectivity index (χ2v) is 4.36. The molecular weight excluding hydrogens is 262 g/mol. The molecule has 0 saturated carbocycles. The SMILES string of the molecule is COc1cc(N(C)CC(C)C#N)c([N+](=O)[O-])cc1OC. The van der Waals surface area contributed by atoms with Gasteiger partial charge in [0, 0.05) is 19.7 Å². The maximum Gasteiger partial charge on any atom is 0.296 e. The lowest BCUT2D eigenvalue weighted by Crippen LogP contribution is -2.24. The van der Waals surface area contributed by atoms with Crippen molar-refractivity contribution >= 4 is 11.4 Å². The predicted octanol–water partition coefficient (Wildman–Crippen LogP) is 2.21. The summed E-state index contributed by atoms with van der Waals surface area (Å²) in [6.45, 7) is 2.13. The largest absolute Gasteiger partial charge is 0.493 e. The summed E-state index contributed by atoms with van der Waals surface area (Å²) in [6, 6.07) is 4.96. The summed E-state index contributed by atoms with van der Waals surface area (Å²) in [6.07, 6.45) is 0. The van der Waals surface area contributed by atoms with Gasteiger partial charge in [-0.25, -0.2) is 0 Å². The number of nitrogens with zero attached hydrogens (tertiary/aromatic N) is 3. The van der Waals surface area contributed by atoms with Crippen molar-refractivity contribution in [2.24, 2.45) is 5.92 Å². The number of nitro groups is 1. The fourth-order valence-corrected chi connectivity index (χ4v) is 1.86. The third-order valence-electron chi connectivity index (χ3n) is 2.86. The first-order valence-electron chi connectivity index (χ1n) is 5.95. The number of methoxy groups -OCH3 is 2. The number of benzene rings is 1. The number of nitro benzene ring substituents is 1. The van der Waals surface area contributed by atoms with Crippen molar-refractivity contribution < 1.29 is 14.4 Å². The first-order valence-corrected chi connectivity index (χ1v) is 5.95. The molecule has 0 spiro atoms. The van der Waals surface area contributed by atoms with Gasteiger partial charge < -0.3 is 14.4 Å². The second-order valence-electron chi connectivity index (χ2n) is 4.36. The maximum absolute atomic E-state index is 11.2. The standard InChI is InChI=1S/C13H17N3O4/c1-9(7-14)8-15(2)10-5-12(19-3)13(20-4)6-11(10)16(17)18/h5-6,9H,8H2,1-4H3. The summed E-state index contributed by atoms with van der Waals surface area (Å²) >= 11 is 0. The lowest BCUT2D eigenvalue weighted by Gasteiger charge is -2.21. The molecule has 1 unspecified atom stereocenters. The molecule has 0 N–H and O–H groups in total. The van der Waals surface area contributed by atoms with E-state index >= 15 is 0 Å². The fraction of sp³-hybridized carbons (Fsp3) is 0.462. The Hall–Kier alpha value is -2.49. The summed E-state index contributed by atoms with van der Waals surface area (Å²) < 4.78 is 10.2. The van der Waals surface area contributed by atoms with Crippen LogP contribution >= 0.6 is 0 Å². The van der Waals surface area contributed by atoms with Gasteiger partial charge >= 0.3 is 0 Å². The van der Waals surface area contributed by atoms with Crippen LogP contribution in [0.4, 0.5) is 11.4 Å². The van der Waals surface area contributed by atoms with Gasteiger partial charge in [0.25, 0.3) is 5.69 Å². The summed E-state index contributed by atoms with van der Waals surface area (Å²) in [7, 11) is 4.58. The van der Waals surface area contributed by atoms with Crippen LogP contribution in [0.15, 0.2) is 12.1 Å². The highest BCUT2D eigenvalue weighted by molar-refractivity contribution is 5.69. The van der Waals surface area contributed by atoms with Crippen molar-refractivity contribution in [2.45, 2.75) is 6.92 Å². The first kappa shape index (κ1) is 15.6. The van der Waals surface area contributed by atoms with Gasteiger partial charge in [-0.05, 0) is 6.92 Å². The van der Waals surface area contributed by atoms with Crippen molar-refractivity contribution in [2.75, 3.05) is 32.7 Å². The van der Waals surface area contributed by atoms with Crippen LogP contribution in [-0.2, 0) is 0 Å². The van der Waals surface area contributed by atoms with Crippen LogP contribution < -0.4 is 14.4 Å². The second kappa shape index (κ2) is 6.61. The number of ether oxygens (including phenoxy) is 2. The van der Waals surface area contributed by atoms with Crippen molar-refractivity contribution in [3.8, 4) is 17.6 Å². The zero-order valence-corrected chi connectivity index (χ0v) is 11.9. The van der Waals surface area contributed by atoms with Crippen molar-refractivity contribution in [3.05, 3.63) is 22.2 Å². The molecule has 1 aromatic carbocycles. The van der Waals surface area contributed by atoms with Gasteiger partial charge in [-0.2, -0.15) is 5.26 Å². The van der Waals surface area contributed by atoms with E-state index in [1.54, 1.807) is 24.9 Å². The van der Waals surface area contributed by atoms with Crippen LogP contribution in [-0.4, -0.2) is 32.7 Å². The molecule has 0 amide bonds. The third kappa shape index (κ3) is 3.29. The molecule has 1 atom stereocenters. The summed E-state index contributed by atoms with van der Waals surface area (Å²) in [5.74, 6) is 0.460. The number of hydrogen-bond acceptors (Lipinski definition) is 6. The number of nitriles is 1. The zero-order chi connectivity index (χ0) is 15.3. The minimum atomic E-state index is -0.481. The normalized spacial score (nSPS) is 11.3. The number of hydrogen-bond donors (Lipinski definition) is 0. The fourth-order valence-electron chi connectivity index (χ4n) is 1.86. The molecule has 0 saturated heterocycles. The summed E-state index contributed by atoms with van der Waals surface area (Å²) in [5, 5.41) is 20.0. The van der Waals surface area contributed by atoms with E-state index in [1.807, 2.05) is 0 Å². The predicted molar refractivity (Wildman–Crippen MR) is 74.2 cm³/mol. The molecular formula is C13H17N3O4. The average Bonchev–Trinajstić information content (AvgIpc) is 2.45. The maximum atomic E-state index is 11.2. The van der Waals surface area contributed by atoms with Gasteiger partial charge in [0.1, 0.15) is 5.69 Å². The Morgan fingerprint density at radius 1 is 1.40 bits per heavy atom. The molecule has 0 aliphatic heterocycles. The van der Waals surface area contributed by atoms with Gasteiger partial charge in [-0.1, -0.05) is 0 Å². The van der Waals surface area contributed by atoms with Crippen LogP contribution in [0.3, 0.4) is 0 Å². The molecule has 0 fully saturated rings. The van der Waals surface area contributed by atoms with E-state index in [0.29, 0.717) is 23.7 Å². The van der Waals surface area contributed by atoms with Gasteiger partial charge in [0.15, 0.2) is 11.5 Å². The van der Waals surface area contributed by atoms with E-state index < -0.39 is 4.92 Å². The van der Waals surface area contributed by atoms with E-state index in [4.69, 9.17) is 14.7 Å². The van der Waals surface area contributed by atoms with Crippen LogP contribution in [0.2, 0.25) is 0 Å². The summed E-state index contributed by atoms with van der Waals surface area (Å²) in [5.41, 5.74) is 0.296. The first-order chi connectivity index (χ1) is 9.44. The van der Waals surface area contributed by atoms with E-state index in [9.17, 15) is 10.1 Å². The Labute approximate surface area is 117 Å². The Morgan fingerprint density at radius 2 is 1.95 bits per heavy atom. The molecule has 108 valence electrons. The van der Waals surface area contributed by atoms with Crippen molar-refractivity contribution in [3.63, 3.8) is 0 Å². The highest BCUT2D eigenvalue weighted by Crippen LogP contribution is 2.39. The van der Waals surface area contributed by atoms with Gasteiger partial charge in [0.05, 0.1) is 37.2 Å². The van der Waals surface area contributed by atoms with E-state index in [2.05, 4.69) is 6.07 Å². The highest BCUT2D eigenvalue weighted by Gasteiger charge is 2.22. The quantitative estimate of drug-likeness (QED) is 0.586. The zero-order valence-electron chi connectivity index (χ0n) is 11.9. The van der Waals surface area contributed by atoms with Gasteiger partial charge in [-0.15, -0.1) is 0 Å². The van der Waals surface area contributed by atoms with Crippen LogP contribution in [0.25, 0.3) is 0 Å². The smallest absolute Gasteiger partial charge is 0.296 e. The molecule has 0 bridgehead atoms. The van der Waals surface area contributed by atoms with E-state index in [1.165, 1.54) is 20.3 Å².